The monoisotopic (exact) mass is 464 g/mol. The van der Waals surface area contributed by atoms with Gasteiger partial charge in [-0.05, 0) is 53.9 Å². The molecule has 2 atom stereocenters. The predicted octanol–water partition coefficient (Wildman–Crippen LogP) is 4.41. The lowest BCUT2D eigenvalue weighted by Crippen LogP contribution is -2.48. The van der Waals surface area contributed by atoms with Crippen molar-refractivity contribution < 1.29 is 24.2 Å². The van der Waals surface area contributed by atoms with E-state index in [1.807, 2.05) is 31.2 Å². The van der Waals surface area contributed by atoms with E-state index in [1.165, 1.54) is 27.2 Å². The zero-order valence-electron chi connectivity index (χ0n) is 19.5. The summed E-state index contributed by atoms with van der Waals surface area (Å²) >= 11 is 0. The SMILES string of the molecule is CC(CCC(=O)N1CCCC[C@H]1C(=O)O)CNC(=O)OCC1c2ccccc2-c2ccccc21. The van der Waals surface area contributed by atoms with E-state index in [-0.39, 0.29) is 30.8 Å². The van der Waals surface area contributed by atoms with Gasteiger partial charge in [0.05, 0.1) is 0 Å². The Morgan fingerprint density at radius 1 is 1.06 bits per heavy atom. The molecule has 1 aliphatic carbocycles. The fourth-order valence-electron chi connectivity index (χ4n) is 5.01. The summed E-state index contributed by atoms with van der Waals surface area (Å²) in [6.45, 7) is 3.12. The van der Waals surface area contributed by atoms with Crippen LogP contribution in [-0.4, -0.2) is 53.7 Å². The van der Waals surface area contributed by atoms with Crippen molar-refractivity contribution in [2.24, 2.45) is 5.92 Å². The second kappa shape index (κ2) is 10.7. The first-order chi connectivity index (χ1) is 16.5. The maximum Gasteiger partial charge on any atom is 0.407 e. The van der Waals surface area contributed by atoms with E-state index >= 15 is 0 Å². The number of alkyl carbamates (subject to hydrolysis) is 1. The highest BCUT2D eigenvalue weighted by Gasteiger charge is 2.32. The van der Waals surface area contributed by atoms with Crippen molar-refractivity contribution in [1.29, 1.82) is 0 Å². The van der Waals surface area contributed by atoms with Crippen molar-refractivity contribution in [1.82, 2.24) is 10.2 Å². The van der Waals surface area contributed by atoms with Crippen LogP contribution in [0.25, 0.3) is 11.1 Å². The molecule has 2 aromatic rings. The lowest BCUT2D eigenvalue weighted by atomic mass is 9.98. The van der Waals surface area contributed by atoms with E-state index in [0.29, 0.717) is 25.9 Å². The van der Waals surface area contributed by atoms with Gasteiger partial charge in [-0.1, -0.05) is 55.5 Å². The van der Waals surface area contributed by atoms with Crippen LogP contribution < -0.4 is 5.32 Å². The van der Waals surface area contributed by atoms with Crippen molar-refractivity contribution in [3.05, 3.63) is 59.7 Å². The number of aliphatic carboxylic acids is 1. The first-order valence-corrected chi connectivity index (χ1v) is 12.1. The summed E-state index contributed by atoms with van der Waals surface area (Å²) in [5, 5.41) is 12.2. The van der Waals surface area contributed by atoms with Gasteiger partial charge in [-0.3, -0.25) is 4.79 Å². The van der Waals surface area contributed by atoms with Crippen LogP contribution in [0.4, 0.5) is 4.79 Å². The molecule has 2 amide bonds. The van der Waals surface area contributed by atoms with Gasteiger partial charge in [0.25, 0.3) is 0 Å². The molecule has 1 unspecified atom stereocenters. The number of hydrogen-bond donors (Lipinski definition) is 2. The van der Waals surface area contributed by atoms with Crippen molar-refractivity contribution in [3.8, 4) is 11.1 Å². The topological polar surface area (TPSA) is 95.9 Å². The quantitative estimate of drug-likeness (QED) is 0.603. The van der Waals surface area contributed by atoms with Crippen LogP contribution in [0.1, 0.15) is 56.1 Å². The molecule has 0 bridgehead atoms. The highest BCUT2D eigenvalue weighted by molar-refractivity contribution is 5.84. The minimum absolute atomic E-state index is 0.0138. The largest absolute Gasteiger partial charge is 0.480 e. The van der Waals surface area contributed by atoms with Gasteiger partial charge in [-0.15, -0.1) is 0 Å². The molecule has 4 rings (SSSR count). The second-order valence-electron chi connectivity index (χ2n) is 9.29. The maximum absolute atomic E-state index is 12.6. The molecular weight excluding hydrogens is 432 g/mol. The normalized spacial score (nSPS) is 18.0. The summed E-state index contributed by atoms with van der Waals surface area (Å²) < 4.78 is 5.56. The molecule has 180 valence electrons. The highest BCUT2D eigenvalue weighted by atomic mass is 16.5. The third kappa shape index (κ3) is 5.24. The Balaban J connectivity index is 1.22. The Hall–Kier alpha value is -3.35. The highest BCUT2D eigenvalue weighted by Crippen LogP contribution is 2.44. The van der Waals surface area contributed by atoms with E-state index in [1.54, 1.807) is 0 Å². The molecule has 1 saturated heterocycles. The van der Waals surface area contributed by atoms with Crippen LogP contribution in [0.15, 0.2) is 48.5 Å². The molecule has 2 aromatic carbocycles. The molecule has 1 aliphatic heterocycles. The Morgan fingerprint density at radius 2 is 1.71 bits per heavy atom. The summed E-state index contributed by atoms with van der Waals surface area (Å²) in [4.78, 5) is 37.8. The van der Waals surface area contributed by atoms with Crippen molar-refractivity contribution in [3.63, 3.8) is 0 Å². The lowest BCUT2D eigenvalue weighted by molar-refractivity contribution is -0.152. The molecule has 1 fully saturated rings. The van der Waals surface area contributed by atoms with Crippen molar-refractivity contribution in [2.45, 2.75) is 51.0 Å². The van der Waals surface area contributed by atoms with Crippen LogP contribution in [-0.2, 0) is 14.3 Å². The number of nitrogens with one attached hydrogen (secondary N) is 1. The average molecular weight is 465 g/mol. The molecule has 34 heavy (non-hydrogen) atoms. The van der Waals surface area contributed by atoms with Crippen LogP contribution >= 0.6 is 0 Å². The van der Waals surface area contributed by atoms with Gasteiger partial charge in [0.1, 0.15) is 12.6 Å². The Morgan fingerprint density at radius 3 is 2.35 bits per heavy atom. The van der Waals surface area contributed by atoms with Gasteiger partial charge in [-0.2, -0.15) is 0 Å². The molecule has 7 nitrogen and oxygen atoms in total. The number of carboxylic acid groups (broad SMARTS) is 1. The summed E-state index contributed by atoms with van der Waals surface area (Å²) in [5.41, 5.74) is 4.70. The summed E-state index contributed by atoms with van der Waals surface area (Å²) in [5.74, 6) is -0.976. The number of carboxylic acids is 1. The number of nitrogens with zero attached hydrogens (tertiary/aromatic N) is 1. The zero-order chi connectivity index (χ0) is 24.1. The maximum atomic E-state index is 12.6. The minimum Gasteiger partial charge on any atom is -0.480 e. The summed E-state index contributed by atoms with van der Waals surface area (Å²) in [7, 11) is 0. The number of carbonyl (C=O) groups is 3. The fourth-order valence-corrected chi connectivity index (χ4v) is 5.01. The molecule has 0 aromatic heterocycles. The second-order valence-corrected chi connectivity index (χ2v) is 9.29. The van der Waals surface area contributed by atoms with Gasteiger partial charge < -0.3 is 20.1 Å². The van der Waals surface area contributed by atoms with E-state index < -0.39 is 18.1 Å². The van der Waals surface area contributed by atoms with Crippen molar-refractivity contribution in [2.75, 3.05) is 19.7 Å². The third-order valence-electron chi connectivity index (χ3n) is 6.90. The van der Waals surface area contributed by atoms with Gasteiger partial charge >= 0.3 is 12.1 Å². The number of piperidine rings is 1. The number of amides is 2. The van der Waals surface area contributed by atoms with E-state index in [9.17, 15) is 19.5 Å². The minimum atomic E-state index is -0.932. The Kier molecular flexibility index (Phi) is 7.50. The number of carbonyl (C=O) groups excluding carboxylic acids is 2. The first-order valence-electron chi connectivity index (χ1n) is 12.1. The zero-order valence-corrected chi connectivity index (χ0v) is 19.5. The van der Waals surface area contributed by atoms with E-state index in [0.717, 1.165) is 12.8 Å². The van der Waals surface area contributed by atoms with E-state index in [2.05, 4.69) is 29.6 Å². The summed E-state index contributed by atoms with van der Waals surface area (Å²) in [6, 6.07) is 15.7. The van der Waals surface area contributed by atoms with E-state index in [4.69, 9.17) is 4.74 Å². The molecule has 1 heterocycles. The Bertz CT molecular complexity index is 1010. The number of hydrogen-bond acceptors (Lipinski definition) is 4. The number of rotatable bonds is 8. The molecule has 0 spiro atoms. The van der Waals surface area contributed by atoms with Gasteiger partial charge in [0.2, 0.25) is 5.91 Å². The van der Waals surface area contributed by atoms with Crippen LogP contribution in [0, 0.1) is 5.92 Å². The molecule has 2 N–H and O–H groups in total. The Labute approximate surface area is 200 Å². The van der Waals surface area contributed by atoms with Crippen molar-refractivity contribution >= 4 is 18.0 Å². The van der Waals surface area contributed by atoms with Crippen LogP contribution in [0.5, 0.6) is 0 Å². The molecule has 7 heteroatoms. The number of benzene rings is 2. The number of ether oxygens (including phenoxy) is 1. The summed E-state index contributed by atoms with van der Waals surface area (Å²) in [6.07, 6.45) is 2.57. The molecule has 2 aliphatic rings. The fraction of sp³-hybridized carbons (Fsp3) is 0.444. The first kappa shape index (κ1) is 23.8. The third-order valence-corrected chi connectivity index (χ3v) is 6.90. The average Bonchev–Trinajstić information content (AvgIpc) is 3.18. The number of fused-ring (bicyclic) bond motifs is 3. The van der Waals surface area contributed by atoms with Crippen LogP contribution in [0.2, 0.25) is 0 Å². The molecule has 0 saturated carbocycles. The molecule has 0 radical (unpaired) electrons. The van der Waals surface area contributed by atoms with Gasteiger partial charge in [0.15, 0.2) is 0 Å². The standard InChI is InChI=1S/C27H32N2O5/c1-18(13-14-25(30)29-15-7-6-12-24(29)26(31)32)16-28-27(33)34-17-23-21-10-4-2-8-19(21)20-9-3-5-11-22(20)23/h2-5,8-11,18,23-24H,6-7,12-17H2,1H3,(H,28,33)(H,31,32)/t18?,24-/m0/s1. The smallest absolute Gasteiger partial charge is 0.407 e. The van der Waals surface area contributed by atoms with Gasteiger partial charge in [-0.25, -0.2) is 9.59 Å². The van der Waals surface area contributed by atoms with Crippen LogP contribution in [0.3, 0.4) is 0 Å². The van der Waals surface area contributed by atoms with Gasteiger partial charge in [0, 0.05) is 25.4 Å². The predicted molar refractivity (Wildman–Crippen MR) is 128 cm³/mol. The lowest BCUT2D eigenvalue weighted by Gasteiger charge is -2.33. The number of likely N-dealkylation sites (tertiary alicyclic amines) is 1. The molecular formula is C27H32N2O5.